The van der Waals surface area contributed by atoms with E-state index in [0.717, 1.165) is 5.57 Å². The normalized spacial score (nSPS) is 10.2. The Morgan fingerprint density at radius 1 is 1.54 bits per heavy atom. The van der Waals surface area contributed by atoms with Crippen molar-refractivity contribution >= 4 is 5.91 Å². The highest BCUT2D eigenvalue weighted by Gasteiger charge is 2.02. The first kappa shape index (κ1) is 11.5. The number of carbonyl (C=O) groups excluding carboxylic acids is 1. The lowest BCUT2D eigenvalue weighted by molar-refractivity contribution is -0.116. The highest BCUT2D eigenvalue weighted by molar-refractivity contribution is 5.96. The van der Waals surface area contributed by atoms with Gasteiger partial charge in [-0.15, -0.1) is 12.3 Å². The fourth-order valence-corrected chi connectivity index (χ4v) is 0.841. The molecule has 0 rings (SSSR count). The molecule has 0 heterocycles. The van der Waals surface area contributed by atoms with Crippen molar-refractivity contribution in [3.05, 3.63) is 23.3 Å². The molecule has 0 bridgehead atoms. The van der Waals surface area contributed by atoms with E-state index in [4.69, 9.17) is 6.42 Å². The van der Waals surface area contributed by atoms with Crippen LogP contribution in [0.15, 0.2) is 23.3 Å². The average Bonchev–Trinajstić information content (AvgIpc) is 2.10. The number of nitrogens with one attached hydrogen (secondary N) is 1. The molecule has 13 heavy (non-hydrogen) atoms. The summed E-state index contributed by atoms with van der Waals surface area (Å²) in [6, 6.07) is 0. The van der Waals surface area contributed by atoms with Gasteiger partial charge in [-0.2, -0.15) is 0 Å². The minimum atomic E-state index is -0.101. The molecule has 70 valence electrons. The number of amides is 1. The van der Waals surface area contributed by atoms with Gasteiger partial charge >= 0.3 is 0 Å². The van der Waals surface area contributed by atoms with Crippen LogP contribution in [0.5, 0.6) is 0 Å². The van der Waals surface area contributed by atoms with Crippen LogP contribution in [0.1, 0.15) is 20.3 Å². The second-order valence-corrected chi connectivity index (χ2v) is 2.87. The summed E-state index contributed by atoms with van der Waals surface area (Å²) in [6.45, 7) is 3.87. The topological polar surface area (TPSA) is 29.1 Å². The zero-order chi connectivity index (χ0) is 10.3. The Morgan fingerprint density at radius 2 is 2.15 bits per heavy atom. The SMILES string of the molecule is C#CC/C=C(\C=C(C)C)C(=O)NC. The van der Waals surface area contributed by atoms with E-state index < -0.39 is 0 Å². The lowest BCUT2D eigenvalue weighted by Gasteiger charge is -2.00. The van der Waals surface area contributed by atoms with E-state index >= 15 is 0 Å². The molecular formula is C11H15NO. The molecule has 0 atom stereocenters. The van der Waals surface area contributed by atoms with Gasteiger partial charge in [0, 0.05) is 19.0 Å². The lowest BCUT2D eigenvalue weighted by atomic mass is 10.1. The Balaban J connectivity index is 4.67. The van der Waals surface area contributed by atoms with Gasteiger partial charge in [-0.1, -0.05) is 17.7 Å². The number of terminal acetylenes is 1. The molecule has 0 aliphatic carbocycles. The summed E-state index contributed by atoms with van der Waals surface area (Å²) in [6.07, 6.45) is 9.14. The van der Waals surface area contributed by atoms with Crippen molar-refractivity contribution in [2.45, 2.75) is 20.3 Å². The molecule has 0 spiro atoms. The third kappa shape index (κ3) is 4.86. The van der Waals surface area contributed by atoms with Crippen LogP contribution in [0.2, 0.25) is 0 Å². The van der Waals surface area contributed by atoms with Crippen molar-refractivity contribution in [3.63, 3.8) is 0 Å². The number of allylic oxidation sites excluding steroid dienone is 2. The van der Waals surface area contributed by atoms with Gasteiger partial charge in [0.2, 0.25) is 0 Å². The standard InChI is InChI=1S/C11H15NO/c1-5-6-7-10(8-9(2)3)11(13)12-4/h1,7-8H,6H2,2-4H3,(H,12,13)/b10-7+. The van der Waals surface area contributed by atoms with Gasteiger partial charge in [0.25, 0.3) is 5.91 Å². The number of hydrogen-bond donors (Lipinski definition) is 1. The number of carbonyl (C=O) groups is 1. The van der Waals surface area contributed by atoms with Crippen molar-refractivity contribution in [2.24, 2.45) is 0 Å². The molecule has 0 aromatic heterocycles. The molecule has 2 heteroatoms. The Bertz CT molecular complexity index is 275. The van der Waals surface area contributed by atoms with Gasteiger partial charge in [0.05, 0.1) is 0 Å². The molecule has 1 amide bonds. The number of rotatable bonds is 3. The maximum absolute atomic E-state index is 11.3. The predicted octanol–water partition coefficient (Wildman–Crippen LogP) is 1.65. The molecular weight excluding hydrogens is 162 g/mol. The largest absolute Gasteiger partial charge is 0.355 e. The molecule has 2 nitrogen and oxygen atoms in total. The first-order chi connectivity index (χ1) is 6.11. The molecule has 0 aromatic rings. The van der Waals surface area contributed by atoms with Gasteiger partial charge in [0.1, 0.15) is 0 Å². The first-order valence-corrected chi connectivity index (χ1v) is 4.12. The van der Waals surface area contributed by atoms with Crippen molar-refractivity contribution in [3.8, 4) is 12.3 Å². The summed E-state index contributed by atoms with van der Waals surface area (Å²) in [5, 5.41) is 2.56. The molecule has 0 saturated carbocycles. The van der Waals surface area contributed by atoms with Gasteiger partial charge in [-0.3, -0.25) is 4.79 Å². The highest BCUT2D eigenvalue weighted by atomic mass is 16.1. The zero-order valence-corrected chi connectivity index (χ0v) is 8.35. The predicted molar refractivity (Wildman–Crippen MR) is 55.0 cm³/mol. The van der Waals surface area contributed by atoms with Gasteiger partial charge in [-0.25, -0.2) is 0 Å². The summed E-state index contributed by atoms with van der Waals surface area (Å²) in [5.74, 6) is 2.36. The van der Waals surface area contributed by atoms with Gasteiger partial charge in [0.15, 0.2) is 0 Å². The van der Waals surface area contributed by atoms with E-state index in [0.29, 0.717) is 12.0 Å². The fraction of sp³-hybridized carbons (Fsp3) is 0.364. The van der Waals surface area contributed by atoms with Crippen LogP contribution in [-0.2, 0) is 4.79 Å². The smallest absolute Gasteiger partial charge is 0.250 e. The van der Waals surface area contributed by atoms with Crippen molar-refractivity contribution in [1.29, 1.82) is 0 Å². The van der Waals surface area contributed by atoms with E-state index in [9.17, 15) is 4.79 Å². The Morgan fingerprint density at radius 3 is 2.54 bits per heavy atom. The molecule has 0 radical (unpaired) electrons. The van der Waals surface area contributed by atoms with Gasteiger partial charge in [-0.05, 0) is 13.8 Å². The Kier molecular flexibility index (Phi) is 5.38. The van der Waals surface area contributed by atoms with Crippen LogP contribution < -0.4 is 5.32 Å². The maximum Gasteiger partial charge on any atom is 0.250 e. The minimum absolute atomic E-state index is 0.101. The maximum atomic E-state index is 11.3. The zero-order valence-electron chi connectivity index (χ0n) is 8.35. The molecule has 0 aromatic carbocycles. The first-order valence-electron chi connectivity index (χ1n) is 4.12. The summed E-state index contributed by atoms with van der Waals surface area (Å²) in [7, 11) is 1.60. The lowest BCUT2D eigenvalue weighted by Crippen LogP contribution is -2.19. The van der Waals surface area contributed by atoms with Crippen LogP contribution in [0.25, 0.3) is 0 Å². The second kappa shape index (κ2) is 6.07. The van der Waals surface area contributed by atoms with E-state index in [1.165, 1.54) is 0 Å². The Hall–Kier alpha value is -1.49. The average molecular weight is 177 g/mol. The summed E-state index contributed by atoms with van der Waals surface area (Å²) in [4.78, 5) is 11.3. The second-order valence-electron chi connectivity index (χ2n) is 2.87. The fourth-order valence-electron chi connectivity index (χ4n) is 0.841. The molecule has 0 aliphatic rings. The van der Waals surface area contributed by atoms with Crippen molar-refractivity contribution in [2.75, 3.05) is 7.05 Å². The molecule has 0 saturated heterocycles. The van der Waals surface area contributed by atoms with Crippen molar-refractivity contribution < 1.29 is 4.79 Å². The van der Waals surface area contributed by atoms with Crippen LogP contribution >= 0.6 is 0 Å². The third-order valence-corrected chi connectivity index (χ3v) is 1.37. The minimum Gasteiger partial charge on any atom is -0.355 e. The van der Waals surface area contributed by atoms with E-state index in [-0.39, 0.29) is 5.91 Å². The molecule has 1 N–H and O–H groups in total. The monoisotopic (exact) mass is 177 g/mol. The molecule has 0 unspecified atom stereocenters. The van der Waals surface area contributed by atoms with Crippen LogP contribution in [0.4, 0.5) is 0 Å². The summed E-state index contributed by atoms with van der Waals surface area (Å²) < 4.78 is 0. The van der Waals surface area contributed by atoms with E-state index in [1.807, 2.05) is 19.9 Å². The van der Waals surface area contributed by atoms with E-state index in [2.05, 4.69) is 11.2 Å². The van der Waals surface area contributed by atoms with Gasteiger partial charge < -0.3 is 5.32 Å². The number of hydrogen-bond acceptors (Lipinski definition) is 1. The Labute approximate surface area is 79.7 Å². The summed E-state index contributed by atoms with van der Waals surface area (Å²) >= 11 is 0. The van der Waals surface area contributed by atoms with Crippen LogP contribution in [0.3, 0.4) is 0 Å². The molecule has 0 fully saturated rings. The quantitative estimate of drug-likeness (QED) is 0.396. The van der Waals surface area contributed by atoms with Crippen LogP contribution in [-0.4, -0.2) is 13.0 Å². The highest BCUT2D eigenvalue weighted by Crippen LogP contribution is 2.03. The van der Waals surface area contributed by atoms with Crippen molar-refractivity contribution in [1.82, 2.24) is 5.32 Å². The number of likely N-dealkylation sites (N-methyl/N-ethyl adjacent to an activating group) is 1. The van der Waals surface area contributed by atoms with E-state index in [1.54, 1.807) is 13.1 Å². The molecule has 0 aliphatic heterocycles. The summed E-state index contributed by atoms with van der Waals surface area (Å²) in [5.41, 5.74) is 1.70. The third-order valence-electron chi connectivity index (χ3n) is 1.37. The van der Waals surface area contributed by atoms with Crippen LogP contribution in [0, 0.1) is 12.3 Å².